The van der Waals surface area contributed by atoms with Gasteiger partial charge in [0.1, 0.15) is 0 Å². The zero-order valence-electron chi connectivity index (χ0n) is 6.33. The predicted octanol–water partition coefficient (Wildman–Crippen LogP) is -5.33. The van der Waals surface area contributed by atoms with Gasteiger partial charge in [-0.15, -0.1) is 0 Å². The van der Waals surface area contributed by atoms with Gasteiger partial charge in [0, 0.05) is 6.54 Å². The van der Waals surface area contributed by atoms with Crippen molar-refractivity contribution in [1.29, 1.82) is 0 Å². The van der Waals surface area contributed by atoms with E-state index in [1.165, 1.54) is 0 Å². The van der Waals surface area contributed by atoms with Crippen LogP contribution < -0.4 is 70.1 Å². The van der Waals surface area contributed by atoms with Crippen molar-refractivity contribution in [1.82, 2.24) is 11.0 Å². The van der Waals surface area contributed by atoms with Crippen molar-refractivity contribution in [2.24, 2.45) is 0 Å². The molecule has 0 aromatic carbocycles. The molecule has 9 heavy (non-hydrogen) atoms. The summed E-state index contributed by atoms with van der Waals surface area (Å²) < 4.78 is 0. The second-order valence-corrected chi connectivity index (χ2v) is 1.26. The van der Waals surface area contributed by atoms with E-state index in [0.717, 1.165) is 19.4 Å². The Balaban J connectivity index is -0.000000180. The molecule has 0 atom stereocenters. The Labute approximate surface area is 101 Å². The summed E-state index contributed by atoms with van der Waals surface area (Å²) in [7, 11) is 0. The smallest absolute Gasteiger partial charge is 0.598 e. The molecule has 0 heterocycles. The van der Waals surface area contributed by atoms with Gasteiger partial charge in [-0.25, -0.2) is 0 Å². The zero-order valence-corrected chi connectivity index (χ0v) is 10.3. The average molecular weight is 147 g/mol. The van der Waals surface area contributed by atoms with E-state index in [4.69, 9.17) is 5.84 Å². The first-order valence-electron chi connectivity index (χ1n) is 2.35. The summed E-state index contributed by atoms with van der Waals surface area (Å²) in [6.07, 6.45) is 1.94. The molecule has 0 saturated heterocycles. The fraction of sp³-hybridized carbons (Fsp3) is 0.750. The van der Waals surface area contributed by atoms with Crippen LogP contribution in [0.2, 0.25) is 0 Å². The minimum Gasteiger partial charge on any atom is -0.598 e. The summed E-state index contributed by atoms with van der Waals surface area (Å²) in [4.78, 5) is 0. The van der Waals surface area contributed by atoms with Gasteiger partial charge in [0.05, 0.1) is 0 Å². The topological polar surface area (TPSA) is 47.9 Å². The molecule has 0 saturated carbocycles. The third-order valence-corrected chi connectivity index (χ3v) is 0.640. The molecule has 0 amide bonds. The quantitative estimate of drug-likeness (QED) is 0.180. The molecule has 44 valence electrons. The van der Waals surface area contributed by atoms with Gasteiger partial charge in [0.2, 0.25) is 0 Å². The fourth-order valence-corrected chi connectivity index (χ4v) is 0.276. The van der Waals surface area contributed by atoms with Gasteiger partial charge in [-0.05, 0) is 0 Å². The molecule has 0 aliphatic carbocycles. The molecule has 0 rings (SSSR count). The Morgan fingerprint density at radius 2 is 1.89 bits per heavy atom. The van der Waals surface area contributed by atoms with Crippen LogP contribution in [0.1, 0.15) is 12.8 Å². The molecule has 0 aliphatic rings. The first-order chi connectivity index (χ1) is 3.41. The molecule has 0 spiro atoms. The Hall–Kier alpha value is 1.88. The van der Waals surface area contributed by atoms with Crippen molar-refractivity contribution >= 4 is 0 Å². The maximum Gasteiger partial charge on any atom is 1.00 e. The second-order valence-electron chi connectivity index (χ2n) is 1.26. The molecule has 3 nitrogen and oxygen atoms in total. The monoisotopic (exact) mass is 147 g/mol. The van der Waals surface area contributed by atoms with Crippen LogP contribution in [0.4, 0.5) is 0 Å². The van der Waals surface area contributed by atoms with Crippen LogP contribution in [0, 0.1) is 6.92 Å². The van der Waals surface area contributed by atoms with Crippen molar-refractivity contribution < 1.29 is 59.1 Å². The third kappa shape index (κ3) is 17.7. The van der Waals surface area contributed by atoms with E-state index in [-0.39, 0.29) is 59.1 Å². The molecular formula is C4H11N3Na2. The van der Waals surface area contributed by atoms with Crippen LogP contribution in [0.5, 0.6) is 0 Å². The Kier molecular flexibility index (Phi) is 31.3. The van der Waals surface area contributed by atoms with Crippen LogP contribution >= 0.6 is 0 Å². The van der Waals surface area contributed by atoms with Crippen LogP contribution in [-0.2, 0) is 0 Å². The molecule has 0 aliphatic heterocycles. The molecule has 0 unspecified atom stereocenters. The van der Waals surface area contributed by atoms with Crippen molar-refractivity contribution in [3.05, 3.63) is 12.8 Å². The fourth-order valence-electron chi connectivity index (χ4n) is 0.276. The second kappa shape index (κ2) is 16.5. The summed E-state index contributed by atoms with van der Waals surface area (Å²) >= 11 is 0. The first-order valence-corrected chi connectivity index (χ1v) is 2.35. The largest absolute Gasteiger partial charge is 1.00 e. The van der Waals surface area contributed by atoms with E-state index in [1.54, 1.807) is 0 Å². The van der Waals surface area contributed by atoms with Crippen LogP contribution in [0.15, 0.2) is 0 Å². The number of rotatable bonds is 4. The number of hydrogen-bond acceptors (Lipinski definition) is 2. The summed E-state index contributed by atoms with van der Waals surface area (Å²) in [6, 6.07) is 0. The maximum atomic E-state index is 6.40. The van der Waals surface area contributed by atoms with Gasteiger partial charge in [-0.1, -0.05) is 6.42 Å². The van der Waals surface area contributed by atoms with E-state index >= 15 is 0 Å². The Morgan fingerprint density at radius 3 is 2.22 bits per heavy atom. The van der Waals surface area contributed by atoms with Gasteiger partial charge in [-0.3, -0.25) is 5.43 Å². The number of hydrogen-bond donors (Lipinski definition) is 2. The Morgan fingerprint density at radius 1 is 1.33 bits per heavy atom. The van der Waals surface area contributed by atoms with E-state index in [1.807, 2.05) is 0 Å². The molecule has 0 fully saturated rings. The summed E-state index contributed by atoms with van der Waals surface area (Å²) in [6.45, 7) is 4.45. The van der Waals surface area contributed by atoms with Gasteiger partial charge in [-0.2, -0.15) is 6.42 Å². The minimum absolute atomic E-state index is 0. The molecule has 0 aromatic rings. The Bertz CT molecular complexity index is 33.0. The van der Waals surface area contributed by atoms with Crippen molar-refractivity contribution in [3.63, 3.8) is 0 Å². The van der Waals surface area contributed by atoms with E-state index < -0.39 is 0 Å². The SMILES string of the molecule is [CH2-]CCCNN[NH-].[Na+].[Na+]. The van der Waals surface area contributed by atoms with Crippen LogP contribution in [0.25, 0.3) is 5.84 Å². The molecule has 3 N–H and O–H groups in total. The van der Waals surface area contributed by atoms with Crippen LogP contribution in [0.3, 0.4) is 0 Å². The normalized spacial score (nSPS) is 7.33. The molecule has 5 heteroatoms. The van der Waals surface area contributed by atoms with Crippen molar-refractivity contribution in [2.45, 2.75) is 12.8 Å². The molecule has 0 radical (unpaired) electrons. The first kappa shape index (κ1) is 17.1. The standard InChI is InChI=1S/C4H11N3.2Na/c1-2-3-4-6-7-5;;/h5-7H,1-4H2;;/q-2;2*+1. The van der Waals surface area contributed by atoms with E-state index in [9.17, 15) is 0 Å². The van der Waals surface area contributed by atoms with E-state index in [2.05, 4.69) is 17.9 Å². The minimum atomic E-state index is 0. The maximum absolute atomic E-state index is 6.40. The van der Waals surface area contributed by atoms with Crippen molar-refractivity contribution in [3.8, 4) is 0 Å². The number of unbranched alkanes of at least 4 members (excludes halogenated alkanes) is 1. The third-order valence-electron chi connectivity index (χ3n) is 0.640. The average Bonchev–Trinajstić information content (AvgIpc) is 1.69. The zero-order chi connectivity index (χ0) is 5.54. The van der Waals surface area contributed by atoms with Gasteiger partial charge in [0.15, 0.2) is 0 Å². The summed E-state index contributed by atoms with van der Waals surface area (Å²) in [5.41, 5.74) is 4.70. The summed E-state index contributed by atoms with van der Waals surface area (Å²) in [5, 5.41) is 0. The van der Waals surface area contributed by atoms with Gasteiger partial charge in [0.25, 0.3) is 0 Å². The van der Waals surface area contributed by atoms with Crippen LogP contribution in [-0.4, -0.2) is 6.54 Å². The number of nitrogens with one attached hydrogen (secondary N) is 3. The molecule has 0 bridgehead atoms. The van der Waals surface area contributed by atoms with Gasteiger partial charge >= 0.3 is 59.1 Å². The molecule has 0 aromatic heterocycles. The summed E-state index contributed by atoms with van der Waals surface area (Å²) in [5.74, 6) is 6.40. The van der Waals surface area contributed by atoms with E-state index in [0.29, 0.717) is 0 Å². The van der Waals surface area contributed by atoms with Gasteiger partial charge < -0.3 is 18.3 Å². The van der Waals surface area contributed by atoms with Crippen molar-refractivity contribution in [2.75, 3.05) is 6.54 Å². The molecular weight excluding hydrogens is 136 g/mol. The predicted molar refractivity (Wildman–Crippen MR) is 30.1 cm³/mol. The number of hydrazine groups is 1.